The number of hydrogen-bond acceptors (Lipinski definition) is 8. The molecule has 0 aliphatic carbocycles. The van der Waals surface area contributed by atoms with E-state index in [-0.39, 0.29) is 13.2 Å². The van der Waals surface area contributed by atoms with Crippen molar-refractivity contribution in [1.29, 1.82) is 0 Å². The van der Waals surface area contributed by atoms with Gasteiger partial charge in [-0.15, -0.1) is 0 Å². The van der Waals surface area contributed by atoms with Gasteiger partial charge in [-0.05, 0) is 80.6 Å². The molecule has 0 amide bonds. The third kappa shape index (κ3) is 6.64. The number of likely N-dealkylation sites (tertiary alicyclic amines) is 1. The molecule has 0 spiro atoms. The molecule has 2 N–H and O–H groups in total. The van der Waals surface area contributed by atoms with Gasteiger partial charge in [-0.2, -0.15) is 0 Å². The quantitative estimate of drug-likeness (QED) is 0.277. The van der Waals surface area contributed by atoms with Gasteiger partial charge in [0.05, 0.1) is 17.9 Å². The molecule has 2 aliphatic rings. The van der Waals surface area contributed by atoms with Crippen molar-refractivity contribution in [3.05, 3.63) is 99.8 Å². The predicted octanol–water partition coefficient (Wildman–Crippen LogP) is 6.45. The number of hydrogen-bond donors (Lipinski definition) is 2. The fraction of sp³-hybridized carbons (Fsp3) is 0.429. The highest BCUT2D eigenvalue weighted by atomic mass is 35.5. The van der Waals surface area contributed by atoms with Crippen molar-refractivity contribution in [1.82, 2.24) is 9.88 Å². The Balaban J connectivity index is 1.41. The fourth-order valence-electron chi connectivity index (χ4n) is 6.22. The molecule has 1 saturated heterocycles. The lowest BCUT2D eigenvalue weighted by molar-refractivity contribution is -0.156. The first-order chi connectivity index (χ1) is 20.9. The second kappa shape index (κ2) is 12.9. The van der Waals surface area contributed by atoms with Crippen LogP contribution in [0, 0.1) is 5.41 Å². The Morgan fingerprint density at radius 3 is 2.66 bits per heavy atom. The molecule has 0 saturated carbocycles. The Kier molecular flexibility index (Phi) is 9.37. The van der Waals surface area contributed by atoms with E-state index in [4.69, 9.17) is 25.8 Å². The van der Waals surface area contributed by atoms with E-state index >= 15 is 0 Å². The number of benzene rings is 2. The third-order valence-electron chi connectivity index (χ3n) is 8.77. The van der Waals surface area contributed by atoms with E-state index in [9.17, 15) is 15.0 Å². The zero-order valence-electron chi connectivity index (χ0n) is 25.8. The number of rotatable bonds is 8. The molecule has 1 fully saturated rings. The maximum Gasteiger partial charge on any atom is 0.508 e. The standard InChI is InChI=1S/C35H41ClN2O6/c1-5-42-32(39)44-23-34(4)22-38(19-16-35(34,41)24-10-13-26(36)14-11-24)18-7-9-27-28-8-6-17-37-30(28)21-43-31-15-12-25(20-29(27)31)33(2,3)40/h6,8-15,17,20,40-41H,5,7,16,18-19,21-23H2,1-4H3/b27-9+. The molecule has 44 heavy (non-hydrogen) atoms. The average molecular weight is 621 g/mol. The van der Waals surface area contributed by atoms with Gasteiger partial charge >= 0.3 is 6.16 Å². The van der Waals surface area contributed by atoms with Gasteiger partial charge in [-0.1, -0.05) is 48.9 Å². The van der Waals surface area contributed by atoms with Crippen LogP contribution in [0.1, 0.15) is 68.5 Å². The Morgan fingerprint density at radius 1 is 1.16 bits per heavy atom. The molecule has 3 heterocycles. The Bertz CT molecular complexity index is 1520. The molecule has 5 rings (SSSR count). The maximum absolute atomic E-state index is 12.2. The summed E-state index contributed by atoms with van der Waals surface area (Å²) in [6.07, 6.45) is 4.39. The lowest BCUT2D eigenvalue weighted by atomic mass is 9.65. The molecule has 0 radical (unpaired) electrons. The van der Waals surface area contributed by atoms with Crippen LogP contribution in [0.5, 0.6) is 5.75 Å². The Morgan fingerprint density at radius 2 is 1.93 bits per heavy atom. The number of pyridine rings is 1. The normalized spacial score (nSPS) is 22.8. The van der Waals surface area contributed by atoms with Crippen LogP contribution in [0.4, 0.5) is 4.79 Å². The second-order valence-electron chi connectivity index (χ2n) is 12.4. The summed E-state index contributed by atoms with van der Waals surface area (Å²) in [6, 6.07) is 17.0. The first-order valence-electron chi connectivity index (χ1n) is 15.1. The highest BCUT2D eigenvalue weighted by Crippen LogP contribution is 2.47. The van der Waals surface area contributed by atoms with E-state index in [2.05, 4.69) is 22.0 Å². The smallest absolute Gasteiger partial charge is 0.487 e. The SMILES string of the molecule is CCOC(=O)OCC1(C)CN(CC/C=C2/c3cc(C(C)(C)O)ccc3OCc3ncccc32)CCC1(O)c1ccc(Cl)cc1. The van der Waals surface area contributed by atoms with Crippen LogP contribution in [0.3, 0.4) is 0 Å². The molecular formula is C35H41ClN2O6. The van der Waals surface area contributed by atoms with Crippen molar-refractivity contribution >= 4 is 23.3 Å². The van der Waals surface area contributed by atoms with E-state index in [0.29, 0.717) is 44.1 Å². The largest absolute Gasteiger partial charge is 0.508 e. The van der Waals surface area contributed by atoms with Crippen molar-refractivity contribution in [2.75, 3.05) is 32.8 Å². The summed E-state index contributed by atoms with van der Waals surface area (Å²) in [7, 11) is 0. The summed E-state index contributed by atoms with van der Waals surface area (Å²) in [5.41, 5.74) is 2.25. The van der Waals surface area contributed by atoms with Gasteiger partial charge in [0.1, 0.15) is 24.6 Å². The van der Waals surface area contributed by atoms with Crippen LogP contribution in [-0.4, -0.2) is 59.1 Å². The molecule has 2 aromatic carbocycles. The minimum Gasteiger partial charge on any atom is -0.487 e. The van der Waals surface area contributed by atoms with Crippen molar-refractivity contribution in [3.8, 4) is 5.75 Å². The van der Waals surface area contributed by atoms with Gasteiger partial charge in [0.15, 0.2) is 0 Å². The minimum absolute atomic E-state index is 0.00791. The van der Waals surface area contributed by atoms with Crippen molar-refractivity contribution in [2.45, 2.75) is 58.3 Å². The number of fused-ring (bicyclic) bond motifs is 2. The number of halogens is 1. The van der Waals surface area contributed by atoms with Crippen molar-refractivity contribution < 1.29 is 29.2 Å². The maximum atomic E-state index is 12.2. The van der Waals surface area contributed by atoms with Crippen LogP contribution in [-0.2, 0) is 27.3 Å². The summed E-state index contributed by atoms with van der Waals surface area (Å²) in [5, 5.41) is 23.5. The van der Waals surface area contributed by atoms with Crippen molar-refractivity contribution in [2.24, 2.45) is 5.41 Å². The number of nitrogens with zero attached hydrogens (tertiary/aromatic N) is 2. The predicted molar refractivity (Wildman–Crippen MR) is 169 cm³/mol. The molecule has 2 aliphatic heterocycles. The molecule has 2 unspecified atom stereocenters. The number of aromatic nitrogens is 1. The molecule has 234 valence electrons. The number of aliphatic hydroxyl groups is 2. The monoisotopic (exact) mass is 620 g/mol. The molecule has 0 bridgehead atoms. The van der Waals surface area contributed by atoms with E-state index in [0.717, 1.165) is 39.3 Å². The van der Waals surface area contributed by atoms with Gasteiger partial charge in [0.2, 0.25) is 0 Å². The Hall–Kier alpha value is -3.43. The van der Waals surface area contributed by atoms with Crippen molar-refractivity contribution in [3.63, 3.8) is 0 Å². The van der Waals surface area contributed by atoms with Gasteiger partial charge < -0.3 is 29.3 Å². The number of carbonyl (C=O) groups is 1. The Labute approximate surface area is 264 Å². The van der Waals surface area contributed by atoms with E-state index in [1.807, 2.05) is 43.3 Å². The molecular weight excluding hydrogens is 580 g/mol. The zero-order chi connectivity index (χ0) is 31.5. The van der Waals surface area contributed by atoms with Crippen LogP contribution in [0.15, 0.2) is 66.9 Å². The average Bonchev–Trinajstić information content (AvgIpc) is 3.15. The third-order valence-corrected chi connectivity index (χ3v) is 9.02. The van der Waals surface area contributed by atoms with Crippen LogP contribution in [0.25, 0.3) is 5.57 Å². The fourth-order valence-corrected chi connectivity index (χ4v) is 6.35. The van der Waals surface area contributed by atoms with Gasteiger partial charge in [0, 0.05) is 47.4 Å². The van der Waals surface area contributed by atoms with Gasteiger partial charge in [-0.25, -0.2) is 4.79 Å². The second-order valence-corrected chi connectivity index (χ2v) is 12.8. The van der Waals surface area contributed by atoms with E-state index in [1.54, 1.807) is 39.1 Å². The van der Waals surface area contributed by atoms with E-state index < -0.39 is 22.8 Å². The lowest BCUT2D eigenvalue weighted by Crippen LogP contribution is -2.59. The number of carbonyl (C=O) groups excluding carboxylic acids is 1. The first-order valence-corrected chi connectivity index (χ1v) is 15.5. The van der Waals surface area contributed by atoms with Crippen LogP contribution >= 0.6 is 11.6 Å². The summed E-state index contributed by atoms with van der Waals surface area (Å²) in [4.78, 5) is 19.0. The number of ether oxygens (including phenoxy) is 3. The summed E-state index contributed by atoms with van der Waals surface area (Å²) < 4.78 is 16.7. The zero-order valence-corrected chi connectivity index (χ0v) is 26.6. The molecule has 8 nitrogen and oxygen atoms in total. The minimum atomic E-state index is -1.24. The van der Waals surface area contributed by atoms with E-state index in [1.165, 1.54) is 0 Å². The molecule has 9 heteroatoms. The van der Waals surface area contributed by atoms with Gasteiger partial charge in [-0.3, -0.25) is 4.98 Å². The molecule has 1 aromatic heterocycles. The molecule has 2 atom stereocenters. The summed E-state index contributed by atoms with van der Waals surface area (Å²) in [6.45, 7) is 9.64. The molecule has 3 aromatic rings. The number of piperidine rings is 1. The highest BCUT2D eigenvalue weighted by Gasteiger charge is 2.52. The topological polar surface area (TPSA) is 101 Å². The van der Waals surface area contributed by atoms with Crippen LogP contribution in [0.2, 0.25) is 5.02 Å². The summed E-state index contributed by atoms with van der Waals surface area (Å²) >= 11 is 6.15. The van der Waals surface area contributed by atoms with Crippen LogP contribution < -0.4 is 4.74 Å². The lowest BCUT2D eigenvalue weighted by Gasteiger charge is -2.51. The van der Waals surface area contributed by atoms with Gasteiger partial charge in [0.25, 0.3) is 0 Å². The summed E-state index contributed by atoms with van der Waals surface area (Å²) in [5.74, 6) is 0.747. The first kappa shape index (κ1) is 32.0. The highest BCUT2D eigenvalue weighted by molar-refractivity contribution is 6.30.